The number of aromatic nitrogens is 1. The van der Waals surface area contributed by atoms with E-state index in [1.54, 1.807) is 6.20 Å². The van der Waals surface area contributed by atoms with E-state index in [0.29, 0.717) is 0 Å². The SMILES string of the molecule is O=c1[nH]ccc2c1CCN(CCC1CCNCC1)C2. The summed E-state index contributed by atoms with van der Waals surface area (Å²) in [6.45, 7) is 5.53. The Balaban J connectivity index is 1.55. The summed E-state index contributed by atoms with van der Waals surface area (Å²) in [5.74, 6) is 0.891. The van der Waals surface area contributed by atoms with E-state index in [1.807, 2.05) is 0 Å². The first-order valence-electron chi connectivity index (χ1n) is 7.45. The predicted octanol–water partition coefficient (Wildman–Crippen LogP) is 1.12. The molecule has 4 heteroatoms. The lowest BCUT2D eigenvalue weighted by Gasteiger charge is -2.30. The summed E-state index contributed by atoms with van der Waals surface area (Å²) in [6, 6.07) is 2.06. The molecule has 0 atom stereocenters. The van der Waals surface area contributed by atoms with Gasteiger partial charge in [0.1, 0.15) is 0 Å². The molecule has 1 fully saturated rings. The molecule has 1 aromatic rings. The molecule has 19 heavy (non-hydrogen) atoms. The van der Waals surface area contributed by atoms with Crippen molar-refractivity contribution in [1.82, 2.24) is 15.2 Å². The number of rotatable bonds is 3. The molecule has 0 radical (unpaired) electrons. The summed E-state index contributed by atoms with van der Waals surface area (Å²) in [7, 11) is 0. The van der Waals surface area contributed by atoms with Crippen LogP contribution in [0.5, 0.6) is 0 Å². The number of hydrogen-bond acceptors (Lipinski definition) is 3. The van der Waals surface area contributed by atoms with Gasteiger partial charge in [0.25, 0.3) is 5.56 Å². The van der Waals surface area contributed by atoms with Gasteiger partial charge in [0.05, 0.1) is 0 Å². The topological polar surface area (TPSA) is 48.1 Å². The first kappa shape index (κ1) is 12.9. The second kappa shape index (κ2) is 5.88. The lowest BCUT2D eigenvalue weighted by molar-refractivity contribution is 0.220. The van der Waals surface area contributed by atoms with Crippen LogP contribution < -0.4 is 10.9 Å². The quantitative estimate of drug-likeness (QED) is 0.857. The molecule has 0 amide bonds. The fraction of sp³-hybridized carbons (Fsp3) is 0.667. The summed E-state index contributed by atoms with van der Waals surface area (Å²) in [6.07, 6.45) is 6.63. The van der Waals surface area contributed by atoms with Crippen LogP contribution in [0.15, 0.2) is 17.1 Å². The number of H-pyrrole nitrogens is 1. The lowest BCUT2D eigenvalue weighted by Crippen LogP contribution is -2.36. The van der Waals surface area contributed by atoms with E-state index >= 15 is 0 Å². The van der Waals surface area contributed by atoms with E-state index in [1.165, 1.54) is 44.5 Å². The van der Waals surface area contributed by atoms with Crippen molar-refractivity contribution in [2.75, 3.05) is 26.2 Å². The molecule has 0 saturated carbocycles. The first-order chi connectivity index (χ1) is 9.33. The molecule has 1 aromatic heterocycles. The van der Waals surface area contributed by atoms with E-state index in [0.717, 1.165) is 31.0 Å². The second-order valence-corrected chi connectivity index (χ2v) is 5.82. The predicted molar refractivity (Wildman–Crippen MR) is 76.3 cm³/mol. The van der Waals surface area contributed by atoms with Crippen LogP contribution in [-0.2, 0) is 13.0 Å². The number of pyridine rings is 1. The van der Waals surface area contributed by atoms with E-state index in [4.69, 9.17) is 0 Å². The molecule has 2 aliphatic heterocycles. The highest BCUT2D eigenvalue weighted by molar-refractivity contribution is 5.25. The third kappa shape index (κ3) is 3.07. The van der Waals surface area contributed by atoms with Crippen LogP contribution in [0, 0.1) is 5.92 Å². The molecule has 2 N–H and O–H groups in total. The van der Waals surface area contributed by atoms with E-state index in [2.05, 4.69) is 21.3 Å². The van der Waals surface area contributed by atoms with Crippen LogP contribution >= 0.6 is 0 Å². The van der Waals surface area contributed by atoms with Crippen LogP contribution in [0.4, 0.5) is 0 Å². The Bertz CT molecular complexity index is 477. The minimum absolute atomic E-state index is 0.107. The highest BCUT2D eigenvalue weighted by atomic mass is 16.1. The molecule has 2 aliphatic rings. The summed E-state index contributed by atoms with van der Waals surface area (Å²) in [5.41, 5.74) is 2.33. The highest BCUT2D eigenvalue weighted by Crippen LogP contribution is 2.19. The van der Waals surface area contributed by atoms with Crippen molar-refractivity contribution in [3.63, 3.8) is 0 Å². The Labute approximate surface area is 114 Å². The maximum atomic E-state index is 11.7. The van der Waals surface area contributed by atoms with Crippen LogP contribution in [0.1, 0.15) is 30.4 Å². The van der Waals surface area contributed by atoms with Gasteiger partial charge in [-0.25, -0.2) is 0 Å². The zero-order chi connectivity index (χ0) is 13.1. The molecular weight excluding hydrogens is 238 g/mol. The average molecular weight is 261 g/mol. The smallest absolute Gasteiger partial charge is 0.251 e. The standard InChI is InChI=1S/C15H23N3O/c19-15-14-5-10-18(11-13(14)3-8-17-15)9-4-12-1-6-16-7-2-12/h3,8,12,16H,1-2,4-7,9-11H2,(H,17,19). The number of fused-ring (bicyclic) bond motifs is 1. The molecule has 3 rings (SSSR count). The number of hydrogen-bond donors (Lipinski definition) is 2. The first-order valence-corrected chi connectivity index (χ1v) is 7.45. The van der Waals surface area contributed by atoms with E-state index in [-0.39, 0.29) is 5.56 Å². The molecule has 4 nitrogen and oxygen atoms in total. The van der Waals surface area contributed by atoms with Crippen LogP contribution in [0.25, 0.3) is 0 Å². The fourth-order valence-corrected chi connectivity index (χ4v) is 3.29. The van der Waals surface area contributed by atoms with Gasteiger partial charge in [-0.3, -0.25) is 9.69 Å². The second-order valence-electron chi connectivity index (χ2n) is 5.82. The van der Waals surface area contributed by atoms with Crippen molar-refractivity contribution < 1.29 is 0 Å². The minimum Gasteiger partial charge on any atom is -0.329 e. The molecule has 0 spiro atoms. The maximum Gasteiger partial charge on any atom is 0.251 e. The monoisotopic (exact) mass is 261 g/mol. The van der Waals surface area contributed by atoms with Crippen molar-refractivity contribution in [3.8, 4) is 0 Å². The molecule has 3 heterocycles. The third-order valence-corrected chi connectivity index (χ3v) is 4.54. The molecule has 0 unspecified atom stereocenters. The molecule has 1 saturated heterocycles. The maximum absolute atomic E-state index is 11.7. The van der Waals surface area contributed by atoms with Gasteiger partial charge in [0, 0.05) is 24.8 Å². The summed E-state index contributed by atoms with van der Waals surface area (Å²) < 4.78 is 0. The highest BCUT2D eigenvalue weighted by Gasteiger charge is 2.20. The van der Waals surface area contributed by atoms with Crippen LogP contribution in [-0.4, -0.2) is 36.1 Å². The van der Waals surface area contributed by atoms with Gasteiger partial charge in [-0.15, -0.1) is 0 Å². The minimum atomic E-state index is 0.107. The Hall–Kier alpha value is -1.13. The third-order valence-electron chi connectivity index (χ3n) is 4.54. The van der Waals surface area contributed by atoms with Crippen LogP contribution in [0.3, 0.4) is 0 Å². The zero-order valence-corrected chi connectivity index (χ0v) is 11.5. The molecular formula is C15H23N3O. The largest absolute Gasteiger partial charge is 0.329 e. The van der Waals surface area contributed by atoms with Gasteiger partial charge in [0.15, 0.2) is 0 Å². The number of piperidine rings is 1. The van der Waals surface area contributed by atoms with Crippen molar-refractivity contribution >= 4 is 0 Å². The molecule has 0 bridgehead atoms. The van der Waals surface area contributed by atoms with Crippen molar-refractivity contribution in [2.24, 2.45) is 5.92 Å². The summed E-state index contributed by atoms with van der Waals surface area (Å²) in [4.78, 5) is 17.0. The van der Waals surface area contributed by atoms with Crippen LogP contribution in [0.2, 0.25) is 0 Å². The summed E-state index contributed by atoms with van der Waals surface area (Å²) in [5, 5.41) is 3.42. The van der Waals surface area contributed by atoms with Gasteiger partial charge in [-0.05, 0) is 62.9 Å². The van der Waals surface area contributed by atoms with Crippen molar-refractivity contribution in [3.05, 3.63) is 33.7 Å². The molecule has 0 aliphatic carbocycles. The van der Waals surface area contributed by atoms with Crippen molar-refractivity contribution in [1.29, 1.82) is 0 Å². The average Bonchev–Trinajstić information content (AvgIpc) is 2.46. The fourth-order valence-electron chi connectivity index (χ4n) is 3.29. The lowest BCUT2D eigenvalue weighted by atomic mass is 9.94. The van der Waals surface area contributed by atoms with E-state index < -0.39 is 0 Å². The van der Waals surface area contributed by atoms with Gasteiger partial charge in [-0.1, -0.05) is 0 Å². The zero-order valence-electron chi connectivity index (χ0n) is 11.5. The van der Waals surface area contributed by atoms with E-state index in [9.17, 15) is 4.79 Å². The Morgan fingerprint density at radius 2 is 2.16 bits per heavy atom. The molecule has 0 aromatic carbocycles. The van der Waals surface area contributed by atoms with Gasteiger partial charge in [0.2, 0.25) is 0 Å². The normalized spacial score (nSPS) is 21.3. The number of aromatic amines is 1. The van der Waals surface area contributed by atoms with Gasteiger partial charge in [-0.2, -0.15) is 0 Å². The number of nitrogens with zero attached hydrogens (tertiary/aromatic N) is 1. The summed E-state index contributed by atoms with van der Waals surface area (Å²) >= 11 is 0. The van der Waals surface area contributed by atoms with Gasteiger partial charge >= 0.3 is 0 Å². The molecule has 104 valence electrons. The number of nitrogens with one attached hydrogen (secondary N) is 2. The van der Waals surface area contributed by atoms with Crippen molar-refractivity contribution in [2.45, 2.75) is 32.2 Å². The Morgan fingerprint density at radius 1 is 1.32 bits per heavy atom. The Morgan fingerprint density at radius 3 is 3.00 bits per heavy atom. The Kier molecular flexibility index (Phi) is 3.99. The van der Waals surface area contributed by atoms with Gasteiger partial charge < -0.3 is 10.3 Å².